The van der Waals surface area contributed by atoms with Gasteiger partial charge in [-0.25, -0.2) is 4.79 Å². The van der Waals surface area contributed by atoms with Crippen molar-refractivity contribution in [2.24, 2.45) is 11.8 Å². The van der Waals surface area contributed by atoms with Gasteiger partial charge in [0.05, 0.1) is 12.7 Å². The van der Waals surface area contributed by atoms with Crippen LogP contribution in [0.2, 0.25) is 0 Å². The van der Waals surface area contributed by atoms with Crippen molar-refractivity contribution in [3.8, 4) is 0 Å². The van der Waals surface area contributed by atoms with Gasteiger partial charge < -0.3 is 15.2 Å². The number of aliphatic hydroxyl groups excluding tert-OH is 1. The van der Waals surface area contributed by atoms with E-state index in [-0.39, 0.29) is 6.54 Å². The van der Waals surface area contributed by atoms with Crippen molar-refractivity contribution in [1.82, 2.24) is 5.32 Å². The summed E-state index contributed by atoms with van der Waals surface area (Å²) >= 11 is 0. The third-order valence-electron chi connectivity index (χ3n) is 1.77. The predicted octanol–water partition coefficient (Wildman–Crippen LogP) is 1.78. The van der Waals surface area contributed by atoms with Crippen LogP contribution in [-0.4, -0.2) is 30.5 Å². The molecule has 0 aromatic carbocycles. The lowest BCUT2D eigenvalue weighted by Gasteiger charge is -2.14. The SMILES string of the molecule is CC(C)COC(=O)NCC(O)CC(C)C. The average Bonchev–Trinajstić information content (AvgIpc) is 2.10. The topological polar surface area (TPSA) is 58.6 Å². The molecule has 1 unspecified atom stereocenters. The van der Waals surface area contributed by atoms with Crippen molar-refractivity contribution < 1.29 is 14.6 Å². The van der Waals surface area contributed by atoms with Gasteiger partial charge in [-0.05, 0) is 18.3 Å². The van der Waals surface area contributed by atoms with Crippen LogP contribution in [0.5, 0.6) is 0 Å². The maximum absolute atomic E-state index is 11.1. The first-order chi connectivity index (χ1) is 6.91. The van der Waals surface area contributed by atoms with Crippen LogP contribution >= 0.6 is 0 Å². The molecule has 0 saturated carbocycles. The summed E-state index contributed by atoms with van der Waals surface area (Å²) in [5, 5.41) is 12.0. The number of carbonyl (C=O) groups excluding carboxylic acids is 1. The maximum Gasteiger partial charge on any atom is 0.407 e. The van der Waals surface area contributed by atoms with Gasteiger partial charge in [0, 0.05) is 6.54 Å². The van der Waals surface area contributed by atoms with Crippen LogP contribution in [0.4, 0.5) is 4.79 Å². The Bertz CT molecular complexity index is 181. The summed E-state index contributed by atoms with van der Waals surface area (Å²) in [5.41, 5.74) is 0. The molecule has 90 valence electrons. The van der Waals surface area contributed by atoms with E-state index >= 15 is 0 Å². The van der Waals surface area contributed by atoms with Crippen LogP contribution < -0.4 is 5.32 Å². The van der Waals surface area contributed by atoms with Crippen molar-refractivity contribution in [3.05, 3.63) is 0 Å². The summed E-state index contributed by atoms with van der Waals surface area (Å²) < 4.78 is 4.90. The Hall–Kier alpha value is -0.770. The van der Waals surface area contributed by atoms with Crippen LogP contribution in [0.15, 0.2) is 0 Å². The van der Waals surface area contributed by atoms with Crippen molar-refractivity contribution in [2.75, 3.05) is 13.2 Å². The molecule has 0 radical (unpaired) electrons. The quantitative estimate of drug-likeness (QED) is 0.713. The van der Waals surface area contributed by atoms with Gasteiger partial charge in [0.15, 0.2) is 0 Å². The van der Waals surface area contributed by atoms with E-state index in [0.29, 0.717) is 24.9 Å². The van der Waals surface area contributed by atoms with Gasteiger partial charge in [-0.3, -0.25) is 0 Å². The summed E-state index contributed by atoms with van der Waals surface area (Å²) in [6.45, 7) is 8.67. The summed E-state index contributed by atoms with van der Waals surface area (Å²) in [6, 6.07) is 0. The van der Waals surface area contributed by atoms with Crippen LogP contribution in [0.1, 0.15) is 34.1 Å². The minimum Gasteiger partial charge on any atom is -0.449 e. The van der Waals surface area contributed by atoms with Crippen LogP contribution in [0, 0.1) is 11.8 Å². The molecule has 0 saturated heterocycles. The first-order valence-electron chi connectivity index (χ1n) is 5.50. The molecule has 0 heterocycles. The molecule has 1 amide bonds. The number of aliphatic hydroxyl groups is 1. The zero-order valence-corrected chi connectivity index (χ0v) is 10.1. The Kier molecular flexibility index (Phi) is 7.13. The van der Waals surface area contributed by atoms with Gasteiger partial charge in [0.2, 0.25) is 0 Å². The molecule has 0 aliphatic heterocycles. The molecule has 0 aliphatic rings. The van der Waals surface area contributed by atoms with Crippen LogP contribution in [0.3, 0.4) is 0 Å². The zero-order chi connectivity index (χ0) is 11.8. The standard InChI is InChI=1S/C11H23NO3/c1-8(2)5-10(13)6-12-11(14)15-7-9(3)4/h8-10,13H,5-7H2,1-4H3,(H,12,14). The highest BCUT2D eigenvalue weighted by atomic mass is 16.5. The summed E-state index contributed by atoms with van der Waals surface area (Å²) in [7, 11) is 0. The number of nitrogens with one attached hydrogen (secondary N) is 1. The molecular weight excluding hydrogens is 194 g/mol. The van der Waals surface area contributed by atoms with E-state index in [9.17, 15) is 9.90 Å². The molecule has 1 atom stereocenters. The van der Waals surface area contributed by atoms with E-state index in [1.807, 2.05) is 27.7 Å². The summed E-state index contributed by atoms with van der Waals surface area (Å²) in [4.78, 5) is 11.1. The molecule has 0 fully saturated rings. The fraction of sp³-hybridized carbons (Fsp3) is 0.909. The first kappa shape index (κ1) is 14.2. The van der Waals surface area contributed by atoms with Crippen molar-refractivity contribution in [2.45, 2.75) is 40.2 Å². The Morgan fingerprint density at radius 1 is 1.27 bits per heavy atom. The lowest BCUT2D eigenvalue weighted by atomic mass is 10.1. The van der Waals surface area contributed by atoms with Gasteiger partial charge in [-0.15, -0.1) is 0 Å². The number of hydrogen-bond acceptors (Lipinski definition) is 3. The molecule has 0 aliphatic carbocycles. The number of carbonyl (C=O) groups is 1. The third-order valence-corrected chi connectivity index (χ3v) is 1.77. The Labute approximate surface area is 92.0 Å². The number of amides is 1. The monoisotopic (exact) mass is 217 g/mol. The predicted molar refractivity (Wildman–Crippen MR) is 59.7 cm³/mol. The maximum atomic E-state index is 11.1. The molecule has 2 N–H and O–H groups in total. The zero-order valence-electron chi connectivity index (χ0n) is 10.1. The number of ether oxygens (including phenoxy) is 1. The number of rotatable bonds is 6. The smallest absolute Gasteiger partial charge is 0.407 e. The highest BCUT2D eigenvalue weighted by Gasteiger charge is 2.09. The third kappa shape index (κ3) is 9.53. The Morgan fingerprint density at radius 3 is 2.33 bits per heavy atom. The normalized spacial score (nSPS) is 13.0. The van der Waals surface area contributed by atoms with Gasteiger partial charge in [0.25, 0.3) is 0 Å². The molecular formula is C11H23NO3. The second-order valence-corrected chi connectivity index (χ2v) is 4.66. The highest BCUT2D eigenvalue weighted by molar-refractivity contribution is 5.67. The van der Waals surface area contributed by atoms with Crippen molar-refractivity contribution in [3.63, 3.8) is 0 Å². The van der Waals surface area contributed by atoms with Gasteiger partial charge in [-0.1, -0.05) is 27.7 Å². The van der Waals surface area contributed by atoms with Crippen LogP contribution in [-0.2, 0) is 4.74 Å². The van der Waals surface area contributed by atoms with E-state index in [2.05, 4.69) is 5.32 Å². The van der Waals surface area contributed by atoms with E-state index in [0.717, 1.165) is 0 Å². The molecule has 0 bridgehead atoms. The molecule has 4 nitrogen and oxygen atoms in total. The Morgan fingerprint density at radius 2 is 1.87 bits per heavy atom. The first-order valence-corrected chi connectivity index (χ1v) is 5.50. The van der Waals surface area contributed by atoms with Gasteiger partial charge in [-0.2, -0.15) is 0 Å². The number of hydrogen-bond donors (Lipinski definition) is 2. The van der Waals surface area contributed by atoms with Gasteiger partial charge in [0.1, 0.15) is 0 Å². The molecule has 0 aromatic heterocycles. The molecule has 4 heteroatoms. The molecule has 0 spiro atoms. The molecule has 0 aromatic rings. The van der Waals surface area contributed by atoms with E-state index < -0.39 is 12.2 Å². The van der Waals surface area contributed by atoms with Crippen LogP contribution in [0.25, 0.3) is 0 Å². The lowest BCUT2D eigenvalue weighted by Crippen LogP contribution is -2.33. The largest absolute Gasteiger partial charge is 0.449 e. The fourth-order valence-electron chi connectivity index (χ4n) is 1.12. The average molecular weight is 217 g/mol. The summed E-state index contributed by atoms with van der Waals surface area (Å²) in [5.74, 6) is 0.754. The lowest BCUT2D eigenvalue weighted by molar-refractivity contribution is 0.114. The summed E-state index contributed by atoms with van der Waals surface area (Å²) in [6.07, 6.45) is -0.257. The van der Waals surface area contributed by atoms with E-state index in [1.165, 1.54) is 0 Å². The Balaban J connectivity index is 3.53. The fourth-order valence-corrected chi connectivity index (χ4v) is 1.12. The van der Waals surface area contributed by atoms with E-state index in [1.54, 1.807) is 0 Å². The second kappa shape index (κ2) is 7.51. The van der Waals surface area contributed by atoms with Crippen molar-refractivity contribution >= 4 is 6.09 Å². The molecule has 0 rings (SSSR count). The number of alkyl carbamates (subject to hydrolysis) is 1. The second-order valence-electron chi connectivity index (χ2n) is 4.66. The van der Waals surface area contributed by atoms with Crippen molar-refractivity contribution in [1.29, 1.82) is 0 Å². The van der Waals surface area contributed by atoms with E-state index in [4.69, 9.17) is 4.74 Å². The highest BCUT2D eigenvalue weighted by Crippen LogP contribution is 2.03. The van der Waals surface area contributed by atoms with Gasteiger partial charge >= 0.3 is 6.09 Å². The minimum atomic E-state index is -0.489. The minimum absolute atomic E-state index is 0.259. The molecule has 15 heavy (non-hydrogen) atoms.